The van der Waals surface area contributed by atoms with E-state index in [1.165, 1.54) is 6.20 Å². The van der Waals surface area contributed by atoms with Gasteiger partial charge >= 0.3 is 0 Å². The highest BCUT2D eigenvalue weighted by atomic mass is 35.5. The second-order valence-electron chi connectivity index (χ2n) is 11.1. The molecule has 212 valence electrons. The van der Waals surface area contributed by atoms with Crippen LogP contribution < -0.4 is 20.7 Å². The molecule has 2 N–H and O–H groups in total. The van der Waals surface area contributed by atoms with E-state index in [2.05, 4.69) is 56.4 Å². The molecule has 0 saturated heterocycles. The van der Waals surface area contributed by atoms with Crippen molar-refractivity contribution in [3.8, 4) is 16.9 Å². The van der Waals surface area contributed by atoms with Gasteiger partial charge in [0.1, 0.15) is 23.4 Å². The molecule has 0 atom stereocenters. The molecule has 0 unspecified atom stereocenters. The topological polar surface area (TPSA) is 120 Å². The predicted molar refractivity (Wildman–Crippen MR) is 166 cm³/mol. The first kappa shape index (κ1) is 28.5. The molecular formula is C29H32ClN8O2P. The number of benzene rings is 2. The second kappa shape index (κ2) is 10.8. The van der Waals surface area contributed by atoms with E-state index in [9.17, 15) is 4.57 Å². The third kappa shape index (κ3) is 5.89. The fourth-order valence-corrected chi connectivity index (χ4v) is 6.23. The van der Waals surface area contributed by atoms with Crippen molar-refractivity contribution in [3.63, 3.8) is 0 Å². The summed E-state index contributed by atoms with van der Waals surface area (Å²) in [7, 11) is 0.748. The molecule has 41 heavy (non-hydrogen) atoms. The van der Waals surface area contributed by atoms with E-state index in [0.29, 0.717) is 50.3 Å². The molecule has 12 heteroatoms. The van der Waals surface area contributed by atoms with E-state index in [1.807, 2.05) is 43.7 Å². The summed E-state index contributed by atoms with van der Waals surface area (Å²) < 4.78 is 20.9. The maximum Gasteiger partial charge on any atom is 0.229 e. The lowest BCUT2D eigenvalue weighted by Gasteiger charge is -2.25. The van der Waals surface area contributed by atoms with Gasteiger partial charge in [-0.25, -0.2) is 4.98 Å². The van der Waals surface area contributed by atoms with Crippen LogP contribution >= 0.6 is 18.7 Å². The van der Waals surface area contributed by atoms with E-state index in [4.69, 9.17) is 16.3 Å². The molecule has 0 aliphatic carbocycles. The van der Waals surface area contributed by atoms with Crippen molar-refractivity contribution >= 4 is 58.2 Å². The van der Waals surface area contributed by atoms with Crippen LogP contribution in [0.15, 0.2) is 55.2 Å². The summed E-state index contributed by atoms with van der Waals surface area (Å²) in [6, 6.07) is 7.68. The predicted octanol–water partition coefficient (Wildman–Crippen LogP) is 6.52. The van der Waals surface area contributed by atoms with Crippen LogP contribution in [0.2, 0.25) is 5.02 Å². The monoisotopic (exact) mass is 590 g/mol. The van der Waals surface area contributed by atoms with Gasteiger partial charge in [0.15, 0.2) is 5.82 Å². The molecule has 10 nitrogen and oxygen atoms in total. The summed E-state index contributed by atoms with van der Waals surface area (Å²) >= 11 is 6.52. The van der Waals surface area contributed by atoms with Crippen LogP contribution in [0.25, 0.3) is 22.2 Å². The minimum Gasteiger partial charge on any atom is -0.495 e. The zero-order chi connectivity index (χ0) is 29.5. The van der Waals surface area contributed by atoms with Crippen molar-refractivity contribution < 1.29 is 9.30 Å². The Labute approximate surface area is 243 Å². The molecular weight excluding hydrogens is 559 g/mol. The molecule has 0 saturated carbocycles. The summed E-state index contributed by atoms with van der Waals surface area (Å²) in [4.78, 5) is 17.9. The van der Waals surface area contributed by atoms with E-state index in [0.717, 1.165) is 16.7 Å². The maximum atomic E-state index is 13.3. The number of nitrogens with one attached hydrogen (secondary N) is 2. The van der Waals surface area contributed by atoms with E-state index in [-0.39, 0.29) is 5.41 Å². The van der Waals surface area contributed by atoms with Crippen LogP contribution in [0, 0.1) is 0 Å². The zero-order valence-electron chi connectivity index (χ0n) is 24.0. The number of fused-ring (bicyclic) bond motifs is 1. The average Bonchev–Trinajstić information content (AvgIpc) is 3.35. The normalized spacial score (nSPS) is 12.0. The maximum absolute atomic E-state index is 13.3. The molecule has 3 aromatic heterocycles. The van der Waals surface area contributed by atoms with E-state index >= 15 is 0 Å². The van der Waals surface area contributed by atoms with Gasteiger partial charge in [-0.05, 0) is 54.1 Å². The lowest BCUT2D eigenvalue weighted by atomic mass is 9.82. The van der Waals surface area contributed by atoms with E-state index < -0.39 is 7.14 Å². The SMILES string of the molecule is COc1cc(C(C)(C)C)c(-c2cnn(C)c2)cc1Nc1ncc(Cl)c(Nc2ccc3nccnc3c2P(C)(C)=O)n1. The van der Waals surface area contributed by atoms with Crippen LogP contribution in [-0.2, 0) is 17.0 Å². The summed E-state index contributed by atoms with van der Waals surface area (Å²) in [5.74, 6) is 1.29. The van der Waals surface area contributed by atoms with Crippen LogP contribution in [0.5, 0.6) is 5.75 Å². The number of anilines is 4. The highest BCUT2D eigenvalue weighted by molar-refractivity contribution is 7.71. The highest BCUT2D eigenvalue weighted by Crippen LogP contribution is 2.42. The van der Waals surface area contributed by atoms with Gasteiger partial charge in [0, 0.05) is 31.2 Å². The van der Waals surface area contributed by atoms with Crippen molar-refractivity contribution in [2.75, 3.05) is 31.1 Å². The van der Waals surface area contributed by atoms with Gasteiger partial charge in [-0.2, -0.15) is 10.1 Å². The number of methoxy groups -OCH3 is 1. The van der Waals surface area contributed by atoms with Gasteiger partial charge in [-0.1, -0.05) is 32.4 Å². The number of hydrogen-bond acceptors (Lipinski definition) is 9. The summed E-state index contributed by atoms with van der Waals surface area (Å²) in [5.41, 5.74) is 5.46. The largest absolute Gasteiger partial charge is 0.495 e. The molecule has 0 spiro atoms. The Bertz CT molecular complexity index is 1810. The molecule has 0 radical (unpaired) electrons. The standard InChI is InChI=1S/C29H32ClN8O2P/c1-29(2,3)19-13-24(40-5)23(12-18(19)17-14-34-38(4)16-17)36-28-33-15-20(30)27(37-28)35-22-9-8-21-25(32-11-10-31-21)26(22)41(6,7)39/h8-16H,1-7H3,(H2,33,35,36,37). The van der Waals surface area contributed by atoms with Gasteiger partial charge < -0.3 is 19.9 Å². The highest BCUT2D eigenvalue weighted by Gasteiger charge is 2.24. The van der Waals surface area contributed by atoms with Gasteiger partial charge in [-0.3, -0.25) is 14.6 Å². The van der Waals surface area contributed by atoms with Gasteiger partial charge in [0.05, 0.1) is 41.7 Å². The minimum absolute atomic E-state index is 0.148. The molecule has 2 aromatic carbocycles. The molecule has 0 bridgehead atoms. The number of hydrogen-bond donors (Lipinski definition) is 2. The Balaban J connectivity index is 1.56. The number of aromatic nitrogens is 6. The third-order valence-electron chi connectivity index (χ3n) is 6.56. The summed E-state index contributed by atoms with van der Waals surface area (Å²) in [6.45, 7) is 9.88. The Morgan fingerprint density at radius 2 is 1.76 bits per heavy atom. The van der Waals surface area contributed by atoms with E-state index in [1.54, 1.807) is 37.5 Å². The lowest BCUT2D eigenvalue weighted by Crippen LogP contribution is -2.14. The van der Waals surface area contributed by atoms with Crippen LogP contribution in [0.4, 0.5) is 23.1 Å². The number of halogens is 1. The summed E-state index contributed by atoms with van der Waals surface area (Å²) in [6.07, 6.45) is 8.52. The van der Waals surface area contributed by atoms with Crippen molar-refractivity contribution in [3.05, 3.63) is 65.8 Å². The minimum atomic E-state index is -2.77. The average molecular weight is 591 g/mol. The number of aryl methyl sites for hydroxylation is 1. The number of ether oxygens (including phenoxy) is 1. The fourth-order valence-electron chi connectivity index (χ4n) is 4.70. The first-order chi connectivity index (χ1) is 19.3. The second-order valence-corrected chi connectivity index (χ2v) is 14.7. The van der Waals surface area contributed by atoms with Gasteiger partial charge in [0.25, 0.3) is 0 Å². The Hall–Kier alpha value is -4.01. The third-order valence-corrected chi connectivity index (χ3v) is 8.37. The molecule has 0 fully saturated rings. The van der Waals surface area contributed by atoms with Gasteiger partial charge in [-0.15, -0.1) is 0 Å². The molecule has 0 amide bonds. The molecule has 0 aliphatic heterocycles. The van der Waals surface area contributed by atoms with Crippen molar-refractivity contribution in [2.24, 2.45) is 7.05 Å². The number of rotatable bonds is 7. The van der Waals surface area contributed by atoms with Crippen molar-refractivity contribution in [1.29, 1.82) is 0 Å². The molecule has 0 aliphatic rings. The van der Waals surface area contributed by atoms with Crippen LogP contribution in [0.1, 0.15) is 26.3 Å². The quantitative estimate of drug-likeness (QED) is 0.204. The molecule has 3 heterocycles. The van der Waals surface area contributed by atoms with Gasteiger partial charge in [0.2, 0.25) is 5.95 Å². The van der Waals surface area contributed by atoms with Crippen LogP contribution in [0.3, 0.4) is 0 Å². The smallest absolute Gasteiger partial charge is 0.229 e. The fraction of sp³-hybridized carbons (Fsp3) is 0.276. The molecule has 5 aromatic rings. The van der Waals surface area contributed by atoms with Crippen molar-refractivity contribution in [1.82, 2.24) is 29.7 Å². The zero-order valence-corrected chi connectivity index (χ0v) is 25.7. The molecule has 5 rings (SSSR count). The Kier molecular flexibility index (Phi) is 7.48. The van der Waals surface area contributed by atoms with Crippen molar-refractivity contribution in [2.45, 2.75) is 26.2 Å². The van der Waals surface area contributed by atoms with Crippen LogP contribution in [-0.4, -0.2) is 50.2 Å². The Morgan fingerprint density at radius 1 is 1.00 bits per heavy atom. The Morgan fingerprint density at radius 3 is 2.41 bits per heavy atom. The number of nitrogens with zero attached hydrogens (tertiary/aromatic N) is 6. The first-order valence-corrected chi connectivity index (χ1v) is 15.9. The summed E-state index contributed by atoms with van der Waals surface area (Å²) in [5, 5.41) is 11.8. The first-order valence-electron chi connectivity index (χ1n) is 12.9. The lowest BCUT2D eigenvalue weighted by molar-refractivity contribution is 0.415.